The fourth-order valence-corrected chi connectivity index (χ4v) is 3.35. The summed E-state index contributed by atoms with van der Waals surface area (Å²) < 4.78 is 39.4. The summed E-state index contributed by atoms with van der Waals surface area (Å²) in [6, 6.07) is 3.71. The van der Waals surface area contributed by atoms with E-state index < -0.39 is 26.6 Å². The van der Waals surface area contributed by atoms with Gasteiger partial charge in [0, 0.05) is 11.8 Å². The second-order valence-electron chi connectivity index (χ2n) is 4.44. The second kappa shape index (κ2) is 6.31. The Labute approximate surface area is 125 Å². The van der Waals surface area contributed by atoms with Crippen LogP contribution in [0.15, 0.2) is 34.0 Å². The number of carbonyl (C=O) groups is 1. The fraction of sp³-hybridized carbons (Fsp3) is 0.231. The number of carbonyl (C=O) groups excluding carboxylic acids is 1. The van der Waals surface area contributed by atoms with Crippen LogP contribution in [0.25, 0.3) is 0 Å². The van der Waals surface area contributed by atoms with Gasteiger partial charge in [0.15, 0.2) is 0 Å². The maximum absolute atomic E-state index is 13.7. The number of hydrogen-bond acceptors (Lipinski definition) is 5. The minimum atomic E-state index is -4.19. The lowest BCUT2D eigenvalue weighted by Crippen LogP contribution is -2.31. The quantitative estimate of drug-likeness (QED) is 0.911. The maximum Gasteiger partial charge on any atom is 0.266 e. The van der Waals surface area contributed by atoms with Crippen LogP contribution in [0.5, 0.6) is 0 Å². The van der Waals surface area contributed by atoms with Crippen LogP contribution in [0.2, 0.25) is 0 Å². The third-order valence-corrected chi connectivity index (χ3v) is 4.76. The predicted octanol–water partition coefficient (Wildman–Crippen LogP) is 2.03. The van der Waals surface area contributed by atoms with E-state index in [0.29, 0.717) is 17.7 Å². The Balaban J connectivity index is 2.04. The number of amides is 1. The van der Waals surface area contributed by atoms with Crippen LogP contribution in [-0.2, 0) is 21.2 Å². The van der Waals surface area contributed by atoms with Crippen LogP contribution < -0.4 is 4.72 Å². The first-order chi connectivity index (χ1) is 9.88. The molecule has 8 heteroatoms. The lowest BCUT2D eigenvalue weighted by Gasteiger charge is -2.08. The van der Waals surface area contributed by atoms with Crippen LogP contribution in [0, 0.1) is 12.7 Å². The standard InChI is InChI=1S/C13H13FN2O3S2/c1-9-2-4-12(11(14)6-9)21(18,19)16-13(17)5-3-10-7-20-8-15-10/h2,4,6-8H,3,5H2,1H3,(H,16,17). The van der Waals surface area contributed by atoms with Crippen molar-refractivity contribution in [1.82, 2.24) is 9.71 Å². The van der Waals surface area contributed by atoms with Gasteiger partial charge in [-0.15, -0.1) is 11.3 Å². The van der Waals surface area contributed by atoms with Crippen LogP contribution in [0.3, 0.4) is 0 Å². The highest BCUT2D eigenvalue weighted by Crippen LogP contribution is 2.15. The number of hydrogen-bond donors (Lipinski definition) is 1. The summed E-state index contributed by atoms with van der Waals surface area (Å²) in [6.45, 7) is 1.64. The summed E-state index contributed by atoms with van der Waals surface area (Å²) in [7, 11) is -4.19. The van der Waals surface area contributed by atoms with E-state index in [0.717, 1.165) is 12.1 Å². The molecule has 1 heterocycles. The van der Waals surface area contributed by atoms with Crippen molar-refractivity contribution in [3.8, 4) is 0 Å². The van der Waals surface area contributed by atoms with E-state index in [2.05, 4.69) is 4.98 Å². The Morgan fingerprint density at radius 1 is 1.43 bits per heavy atom. The van der Waals surface area contributed by atoms with Crippen molar-refractivity contribution in [1.29, 1.82) is 0 Å². The zero-order valence-electron chi connectivity index (χ0n) is 11.2. The average molecular weight is 328 g/mol. The van der Waals surface area contributed by atoms with E-state index in [1.54, 1.807) is 17.8 Å². The van der Waals surface area contributed by atoms with Crippen molar-refractivity contribution in [3.63, 3.8) is 0 Å². The van der Waals surface area contributed by atoms with Crippen molar-refractivity contribution in [2.75, 3.05) is 0 Å². The molecule has 5 nitrogen and oxygen atoms in total. The van der Waals surface area contributed by atoms with Crippen molar-refractivity contribution in [3.05, 3.63) is 46.2 Å². The minimum Gasteiger partial charge on any atom is -0.274 e. The molecule has 112 valence electrons. The van der Waals surface area contributed by atoms with Gasteiger partial charge in [0.25, 0.3) is 10.0 Å². The Morgan fingerprint density at radius 3 is 2.81 bits per heavy atom. The van der Waals surface area contributed by atoms with Gasteiger partial charge < -0.3 is 0 Å². The SMILES string of the molecule is Cc1ccc(S(=O)(=O)NC(=O)CCc2cscn2)c(F)c1. The van der Waals surface area contributed by atoms with Gasteiger partial charge >= 0.3 is 0 Å². The lowest BCUT2D eigenvalue weighted by atomic mass is 10.2. The smallest absolute Gasteiger partial charge is 0.266 e. The normalized spacial score (nSPS) is 11.3. The molecule has 0 spiro atoms. The number of nitrogens with zero attached hydrogens (tertiary/aromatic N) is 1. The monoisotopic (exact) mass is 328 g/mol. The Kier molecular flexibility index (Phi) is 4.69. The van der Waals surface area contributed by atoms with Gasteiger partial charge in [-0.25, -0.2) is 22.5 Å². The van der Waals surface area contributed by atoms with Crippen molar-refractivity contribution < 1.29 is 17.6 Å². The van der Waals surface area contributed by atoms with Crippen molar-refractivity contribution >= 4 is 27.3 Å². The summed E-state index contributed by atoms with van der Waals surface area (Å²) in [5.41, 5.74) is 2.95. The molecule has 0 unspecified atom stereocenters. The molecule has 1 amide bonds. The molecular formula is C13H13FN2O3S2. The highest BCUT2D eigenvalue weighted by molar-refractivity contribution is 7.90. The third kappa shape index (κ3) is 4.08. The minimum absolute atomic E-state index is 0.0313. The molecule has 0 aliphatic carbocycles. The van der Waals surface area contributed by atoms with Gasteiger partial charge in [-0.05, 0) is 31.0 Å². The van der Waals surface area contributed by atoms with Gasteiger partial charge in [0.1, 0.15) is 10.7 Å². The zero-order chi connectivity index (χ0) is 15.5. The summed E-state index contributed by atoms with van der Waals surface area (Å²) >= 11 is 1.39. The van der Waals surface area contributed by atoms with E-state index in [4.69, 9.17) is 0 Å². The first kappa shape index (κ1) is 15.6. The summed E-state index contributed by atoms with van der Waals surface area (Å²) in [5, 5.41) is 1.78. The average Bonchev–Trinajstić information content (AvgIpc) is 2.88. The molecule has 2 aromatic rings. The summed E-state index contributed by atoms with van der Waals surface area (Å²) in [6.07, 6.45) is 0.303. The van der Waals surface area contributed by atoms with E-state index in [9.17, 15) is 17.6 Å². The molecule has 1 aromatic carbocycles. The lowest BCUT2D eigenvalue weighted by molar-refractivity contribution is -0.119. The molecule has 0 aliphatic rings. The van der Waals surface area contributed by atoms with Crippen LogP contribution in [0.1, 0.15) is 17.7 Å². The highest BCUT2D eigenvalue weighted by Gasteiger charge is 2.21. The number of rotatable bonds is 5. The Hall–Kier alpha value is -1.80. The largest absolute Gasteiger partial charge is 0.274 e. The number of aromatic nitrogens is 1. The molecule has 0 bridgehead atoms. The van der Waals surface area contributed by atoms with Gasteiger partial charge in [-0.3, -0.25) is 4.79 Å². The summed E-state index contributed by atoms with van der Waals surface area (Å²) in [5.74, 6) is -1.57. The van der Waals surface area contributed by atoms with E-state index in [1.165, 1.54) is 17.4 Å². The number of thiazole rings is 1. The number of halogens is 1. The summed E-state index contributed by atoms with van der Waals surface area (Å²) in [4.78, 5) is 15.1. The molecule has 0 radical (unpaired) electrons. The Bertz CT molecular complexity index is 743. The first-order valence-electron chi connectivity index (χ1n) is 6.07. The molecule has 0 fully saturated rings. The number of nitrogens with one attached hydrogen (secondary N) is 1. The van der Waals surface area contributed by atoms with E-state index >= 15 is 0 Å². The molecule has 2 rings (SSSR count). The van der Waals surface area contributed by atoms with E-state index in [-0.39, 0.29) is 6.42 Å². The van der Waals surface area contributed by atoms with Crippen LogP contribution in [-0.4, -0.2) is 19.3 Å². The molecule has 0 aliphatic heterocycles. The van der Waals surface area contributed by atoms with Crippen molar-refractivity contribution in [2.24, 2.45) is 0 Å². The van der Waals surface area contributed by atoms with Gasteiger partial charge in [0.2, 0.25) is 5.91 Å². The van der Waals surface area contributed by atoms with Gasteiger partial charge in [-0.1, -0.05) is 6.07 Å². The molecule has 21 heavy (non-hydrogen) atoms. The first-order valence-corrected chi connectivity index (χ1v) is 8.50. The molecule has 0 atom stereocenters. The number of benzene rings is 1. The van der Waals surface area contributed by atoms with Gasteiger partial charge in [-0.2, -0.15) is 0 Å². The zero-order valence-corrected chi connectivity index (χ0v) is 12.8. The second-order valence-corrected chi connectivity index (χ2v) is 6.81. The maximum atomic E-state index is 13.7. The predicted molar refractivity (Wildman–Crippen MR) is 76.9 cm³/mol. The van der Waals surface area contributed by atoms with E-state index in [1.807, 2.05) is 4.72 Å². The topological polar surface area (TPSA) is 76.1 Å². The number of sulfonamides is 1. The fourth-order valence-electron chi connectivity index (χ4n) is 1.68. The third-order valence-electron chi connectivity index (χ3n) is 2.72. The molecule has 0 saturated carbocycles. The molecule has 1 aromatic heterocycles. The highest BCUT2D eigenvalue weighted by atomic mass is 32.2. The number of aryl methyl sites for hydroxylation is 2. The molecule has 0 saturated heterocycles. The molecule has 1 N–H and O–H groups in total. The molecular weight excluding hydrogens is 315 g/mol. The Morgan fingerprint density at radius 2 is 2.19 bits per heavy atom. The van der Waals surface area contributed by atoms with Crippen LogP contribution >= 0.6 is 11.3 Å². The van der Waals surface area contributed by atoms with Gasteiger partial charge in [0.05, 0.1) is 11.2 Å². The van der Waals surface area contributed by atoms with Crippen molar-refractivity contribution in [2.45, 2.75) is 24.7 Å². The van der Waals surface area contributed by atoms with Crippen LogP contribution in [0.4, 0.5) is 4.39 Å².